The van der Waals surface area contributed by atoms with E-state index in [1.807, 2.05) is 12.1 Å². The zero-order valence-electron chi connectivity index (χ0n) is 11.3. The fourth-order valence-electron chi connectivity index (χ4n) is 3.05. The quantitative estimate of drug-likeness (QED) is 0.908. The van der Waals surface area contributed by atoms with E-state index in [9.17, 15) is 0 Å². The van der Waals surface area contributed by atoms with E-state index in [1.54, 1.807) is 0 Å². The molecule has 1 saturated heterocycles. The monoisotopic (exact) mass is 266 g/mol. The number of benzene rings is 1. The van der Waals surface area contributed by atoms with Gasteiger partial charge in [0.15, 0.2) is 0 Å². The summed E-state index contributed by atoms with van der Waals surface area (Å²) >= 11 is 5.98. The van der Waals surface area contributed by atoms with Crippen molar-refractivity contribution in [1.29, 1.82) is 0 Å². The molecule has 0 aromatic heterocycles. The number of halogens is 1. The summed E-state index contributed by atoms with van der Waals surface area (Å²) in [6, 6.07) is 9.27. The Hall–Kier alpha value is -0.570. The van der Waals surface area contributed by atoms with E-state index in [4.69, 9.17) is 17.3 Å². The molecule has 2 rings (SSSR count). The molecule has 1 aromatic rings. The predicted octanol–water partition coefficient (Wildman–Crippen LogP) is 3.46. The van der Waals surface area contributed by atoms with E-state index in [-0.39, 0.29) is 0 Å². The highest BCUT2D eigenvalue weighted by Gasteiger charge is 2.32. The van der Waals surface area contributed by atoms with Crippen molar-refractivity contribution in [3.05, 3.63) is 34.9 Å². The molecule has 0 aliphatic carbocycles. The summed E-state index contributed by atoms with van der Waals surface area (Å²) in [5.41, 5.74) is 7.32. The van der Waals surface area contributed by atoms with Gasteiger partial charge in [-0.25, -0.2) is 0 Å². The van der Waals surface area contributed by atoms with Crippen LogP contribution in [0.2, 0.25) is 5.02 Å². The smallest absolute Gasteiger partial charge is 0.0406 e. The molecule has 0 radical (unpaired) electrons. The van der Waals surface area contributed by atoms with Gasteiger partial charge >= 0.3 is 0 Å². The molecule has 2 atom stereocenters. The highest BCUT2D eigenvalue weighted by atomic mass is 35.5. The van der Waals surface area contributed by atoms with Crippen LogP contribution in [0.3, 0.4) is 0 Å². The van der Waals surface area contributed by atoms with Gasteiger partial charge in [-0.15, -0.1) is 0 Å². The molecular weight excluding hydrogens is 244 g/mol. The van der Waals surface area contributed by atoms with Crippen LogP contribution in [0.15, 0.2) is 24.3 Å². The number of rotatable bonds is 3. The van der Waals surface area contributed by atoms with E-state index < -0.39 is 0 Å². The van der Waals surface area contributed by atoms with E-state index in [0.717, 1.165) is 11.6 Å². The van der Waals surface area contributed by atoms with Crippen molar-refractivity contribution in [2.24, 2.45) is 11.7 Å². The second-order valence-corrected chi connectivity index (χ2v) is 5.90. The first-order chi connectivity index (χ1) is 8.63. The van der Waals surface area contributed by atoms with Crippen LogP contribution >= 0.6 is 11.6 Å². The number of likely N-dealkylation sites (tertiary alicyclic amines) is 1. The minimum atomic E-state index is 0.445. The van der Waals surface area contributed by atoms with Crippen LogP contribution < -0.4 is 5.73 Å². The first kappa shape index (κ1) is 13.9. The normalized spacial score (nSPS) is 25.6. The van der Waals surface area contributed by atoms with Gasteiger partial charge in [0.1, 0.15) is 0 Å². The van der Waals surface area contributed by atoms with E-state index in [0.29, 0.717) is 18.0 Å². The Balaban J connectivity index is 2.30. The maximum absolute atomic E-state index is 5.98. The van der Waals surface area contributed by atoms with Gasteiger partial charge in [-0.05, 0) is 63.4 Å². The molecule has 0 spiro atoms. The van der Waals surface area contributed by atoms with Crippen LogP contribution in [-0.2, 0) is 0 Å². The van der Waals surface area contributed by atoms with Gasteiger partial charge < -0.3 is 5.73 Å². The van der Waals surface area contributed by atoms with E-state index in [2.05, 4.69) is 30.9 Å². The molecule has 1 aromatic carbocycles. The minimum absolute atomic E-state index is 0.445. The van der Waals surface area contributed by atoms with E-state index in [1.165, 1.54) is 24.9 Å². The van der Waals surface area contributed by atoms with Crippen LogP contribution in [0, 0.1) is 5.92 Å². The summed E-state index contributed by atoms with van der Waals surface area (Å²) < 4.78 is 0. The molecule has 1 aliphatic heterocycles. The Kier molecular flexibility index (Phi) is 4.66. The van der Waals surface area contributed by atoms with Crippen LogP contribution in [0.5, 0.6) is 0 Å². The standard InChI is InChI=1S/C15H23ClN2/c1-11(2)18-9-3-4-13(10-17)15(18)12-5-7-14(16)8-6-12/h5-8,11,13,15H,3-4,9-10,17H2,1-2H3. The van der Waals surface area contributed by atoms with Crippen LogP contribution in [-0.4, -0.2) is 24.0 Å². The molecule has 1 heterocycles. The third kappa shape index (κ3) is 2.87. The van der Waals surface area contributed by atoms with Crippen molar-refractivity contribution in [1.82, 2.24) is 4.90 Å². The lowest BCUT2D eigenvalue weighted by Crippen LogP contribution is -2.44. The first-order valence-corrected chi connectivity index (χ1v) is 7.22. The third-order valence-electron chi connectivity index (χ3n) is 3.97. The number of nitrogens with zero attached hydrogens (tertiary/aromatic N) is 1. The van der Waals surface area contributed by atoms with Gasteiger partial charge in [0, 0.05) is 17.1 Å². The maximum Gasteiger partial charge on any atom is 0.0406 e. The SMILES string of the molecule is CC(C)N1CCCC(CN)C1c1ccc(Cl)cc1. The summed E-state index contributed by atoms with van der Waals surface area (Å²) in [6.07, 6.45) is 2.48. The molecule has 1 aliphatic rings. The van der Waals surface area contributed by atoms with E-state index >= 15 is 0 Å². The van der Waals surface area contributed by atoms with Gasteiger partial charge in [-0.1, -0.05) is 23.7 Å². The average Bonchev–Trinajstić information content (AvgIpc) is 2.38. The molecule has 3 heteroatoms. The Morgan fingerprint density at radius 1 is 1.33 bits per heavy atom. The summed E-state index contributed by atoms with van der Waals surface area (Å²) in [7, 11) is 0. The molecule has 1 fully saturated rings. The molecule has 0 bridgehead atoms. The highest BCUT2D eigenvalue weighted by molar-refractivity contribution is 6.30. The Labute approximate surface area is 115 Å². The summed E-state index contributed by atoms with van der Waals surface area (Å²) in [5, 5.41) is 0.801. The molecular formula is C15H23ClN2. The van der Waals surface area contributed by atoms with Gasteiger partial charge in [0.05, 0.1) is 0 Å². The molecule has 100 valence electrons. The second kappa shape index (κ2) is 6.05. The second-order valence-electron chi connectivity index (χ2n) is 5.47. The van der Waals surface area contributed by atoms with Crippen molar-refractivity contribution in [3.63, 3.8) is 0 Å². The van der Waals surface area contributed by atoms with Crippen molar-refractivity contribution >= 4 is 11.6 Å². The zero-order chi connectivity index (χ0) is 13.1. The number of hydrogen-bond donors (Lipinski definition) is 1. The van der Waals surface area contributed by atoms with Crippen molar-refractivity contribution in [2.75, 3.05) is 13.1 Å². The molecule has 2 N–H and O–H groups in total. The third-order valence-corrected chi connectivity index (χ3v) is 4.22. The fourth-order valence-corrected chi connectivity index (χ4v) is 3.18. The van der Waals surface area contributed by atoms with Gasteiger partial charge in [0.25, 0.3) is 0 Å². The Morgan fingerprint density at radius 2 is 2.00 bits per heavy atom. The Bertz CT molecular complexity index is 375. The zero-order valence-corrected chi connectivity index (χ0v) is 12.0. The van der Waals surface area contributed by atoms with Crippen molar-refractivity contribution < 1.29 is 0 Å². The lowest BCUT2D eigenvalue weighted by molar-refractivity contribution is 0.0665. The summed E-state index contributed by atoms with van der Waals surface area (Å²) in [6.45, 7) is 6.46. The van der Waals surface area contributed by atoms with Crippen LogP contribution in [0.1, 0.15) is 38.3 Å². The predicted molar refractivity (Wildman–Crippen MR) is 77.8 cm³/mol. The maximum atomic E-state index is 5.98. The first-order valence-electron chi connectivity index (χ1n) is 6.84. The van der Waals surface area contributed by atoms with Crippen LogP contribution in [0.4, 0.5) is 0 Å². The number of piperidine rings is 1. The molecule has 0 amide bonds. The minimum Gasteiger partial charge on any atom is -0.330 e. The lowest BCUT2D eigenvalue weighted by Gasteiger charge is -2.43. The molecule has 2 nitrogen and oxygen atoms in total. The van der Waals surface area contributed by atoms with Gasteiger partial charge in [0.2, 0.25) is 0 Å². The Morgan fingerprint density at radius 3 is 2.56 bits per heavy atom. The lowest BCUT2D eigenvalue weighted by atomic mass is 9.84. The van der Waals surface area contributed by atoms with Crippen LogP contribution in [0.25, 0.3) is 0 Å². The molecule has 2 unspecified atom stereocenters. The number of nitrogens with two attached hydrogens (primary N) is 1. The summed E-state index contributed by atoms with van der Waals surface area (Å²) in [5.74, 6) is 0.558. The average molecular weight is 267 g/mol. The fraction of sp³-hybridized carbons (Fsp3) is 0.600. The van der Waals surface area contributed by atoms with Crippen molar-refractivity contribution in [2.45, 2.75) is 38.8 Å². The topological polar surface area (TPSA) is 29.3 Å². The van der Waals surface area contributed by atoms with Gasteiger partial charge in [-0.2, -0.15) is 0 Å². The molecule has 0 saturated carbocycles. The number of hydrogen-bond acceptors (Lipinski definition) is 2. The largest absolute Gasteiger partial charge is 0.330 e. The highest BCUT2D eigenvalue weighted by Crippen LogP contribution is 2.37. The summed E-state index contributed by atoms with van der Waals surface area (Å²) in [4.78, 5) is 2.57. The van der Waals surface area contributed by atoms with Crippen molar-refractivity contribution in [3.8, 4) is 0 Å². The molecule has 18 heavy (non-hydrogen) atoms. The van der Waals surface area contributed by atoms with Gasteiger partial charge in [-0.3, -0.25) is 4.90 Å².